The van der Waals surface area contributed by atoms with Gasteiger partial charge in [-0.25, -0.2) is 0 Å². The van der Waals surface area contributed by atoms with Crippen LogP contribution in [-0.4, -0.2) is 27.9 Å². The molecule has 134 valence electrons. The number of nitrogens with zero attached hydrogens (tertiary/aromatic N) is 2. The molecule has 0 spiro atoms. The van der Waals surface area contributed by atoms with Crippen molar-refractivity contribution in [2.45, 2.75) is 49.9 Å². The van der Waals surface area contributed by atoms with Crippen molar-refractivity contribution < 1.29 is 4.79 Å². The molecule has 0 radical (unpaired) electrons. The number of aromatic nitrogens is 2. The van der Waals surface area contributed by atoms with Gasteiger partial charge >= 0.3 is 0 Å². The fourth-order valence-corrected chi connectivity index (χ4v) is 4.63. The van der Waals surface area contributed by atoms with Crippen LogP contribution in [0.4, 0.5) is 10.8 Å². The molecule has 2 atom stereocenters. The van der Waals surface area contributed by atoms with E-state index in [4.69, 9.17) is 0 Å². The summed E-state index contributed by atoms with van der Waals surface area (Å²) in [6.07, 6.45) is 4.81. The van der Waals surface area contributed by atoms with Crippen LogP contribution in [0.25, 0.3) is 0 Å². The van der Waals surface area contributed by atoms with Gasteiger partial charge < -0.3 is 10.6 Å². The van der Waals surface area contributed by atoms with E-state index in [1.807, 2.05) is 18.2 Å². The zero-order valence-corrected chi connectivity index (χ0v) is 16.3. The van der Waals surface area contributed by atoms with Crippen LogP contribution in [-0.2, 0) is 4.79 Å². The van der Waals surface area contributed by atoms with Crippen molar-refractivity contribution in [2.75, 3.05) is 11.1 Å². The van der Waals surface area contributed by atoms with Gasteiger partial charge in [0.15, 0.2) is 4.34 Å². The first-order valence-electron chi connectivity index (χ1n) is 8.70. The molecule has 1 aromatic carbocycles. The van der Waals surface area contributed by atoms with Gasteiger partial charge in [0.2, 0.25) is 11.0 Å². The van der Waals surface area contributed by atoms with Crippen molar-refractivity contribution in [2.24, 2.45) is 5.92 Å². The quantitative estimate of drug-likeness (QED) is 0.733. The summed E-state index contributed by atoms with van der Waals surface area (Å²) in [5.74, 6) is 1.06. The molecule has 1 aliphatic carbocycles. The summed E-state index contributed by atoms with van der Waals surface area (Å²) < 4.78 is 0.808. The molecule has 0 aliphatic heterocycles. The SMILES string of the molecule is Cc1ccccc1Nc1nnc(SCC(=O)N[C@H]2CCCC[C@@H]2C)s1. The van der Waals surface area contributed by atoms with Gasteiger partial charge in [-0.3, -0.25) is 4.79 Å². The van der Waals surface area contributed by atoms with Crippen LogP contribution in [0.3, 0.4) is 0 Å². The molecule has 25 heavy (non-hydrogen) atoms. The second-order valence-electron chi connectivity index (χ2n) is 6.54. The maximum absolute atomic E-state index is 12.2. The fourth-order valence-electron chi connectivity index (χ4n) is 3.05. The van der Waals surface area contributed by atoms with Crippen LogP contribution < -0.4 is 10.6 Å². The van der Waals surface area contributed by atoms with Crippen molar-refractivity contribution in [3.05, 3.63) is 29.8 Å². The Morgan fingerprint density at radius 2 is 2.08 bits per heavy atom. The van der Waals surface area contributed by atoms with Gasteiger partial charge in [-0.05, 0) is 37.3 Å². The molecule has 3 rings (SSSR count). The second kappa shape index (κ2) is 8.67. The van der Waals surface area contributed by atoms with Gasteiger partial charge in [-0.15, -0.1) is 10.2 Å². The van der Waals surface area contributed by atoms with Crippen LogP contribution in [0.2, 0.25) is 0 Å². The van der Waals surface area contributed by atoms with Crippen LogP contribution in [0.15, 0.2) is 28.6 Å². The summed E-state index contributed by atoms with van der Waals surface area (Å²) in [5.41, 5.74) is 2.19. The van der Waals surface area contributed by atoms with Gasteiger partial charge in [0.05, 0.1) is 5.75 Å². The van der Waals surface area contributed by atoms with E-state index in [9.17, 15) is 4.79 Å². The van der Waals surface area contributed by atoms with Gasteiger partial charge in [-0.1, -0.05) is 61.1 Å². The number of anilines is 2. The van der Waals surface area contributed by atoms with Gasteiger partial charge in [0, 0.05) is 11.7 Å². The lowest BCUT2D eigenvalue weighted by atomic mass is 9.86. The fraction of sp³-hybridized carbons (Fsp3) is 0.500. The highest BCUT2D eigenvalue weighted by Crippen LogP contribution is 2.29. The molecular formula is C18H24N4OS2. The van der Waals surface area contributed by atoms with Crippen LogP contribution in [0.1, 0.15) is 38.2 Å². The minimum atomic E-state index is 0.0902. The highest BCUT2D eigenvalue weighted by atomic mass is 32.2. The molecule has 1 heterocycles. The molecule has 5 nitrogen and oxygen atoms in total. The first-order chi connectivity index (χ1) is 12.1. The summed E-state index contributed by atoms with van der Waals surface area (Å²) in [4.78, 5) is 12.2. The maximum atomic E-state index is 12.2. The molecule has 1 aliphatic rings. The van der Waals surface area contributed by atoms with Crippen molar-refractivity contribution in [3.8, 4) is 0 Å². The number of thioether (sulfide) groups is 1. The Balaban J connectivity index is 1.48. The lowest BCUT2D eigenvalue weighted by Crippen LogP contribution is -2.41. The van der Waals surface area contributed by atoms with E-state index in [1.54, 1.807) is 0 Å². The zero-order chi connectivity index (χ0) is 17.6. The molecule has 0 bridgehead atoms. The summed E-state index contributed by atoms with van der Waals surface area (Å²) in [7, 11) is 0. The first kappa shape index (κ1) is 18.2. The third-order valence-corrected chi connectivity index (χ3v) is 6.55. The molecule has 0 saturated heterocycles. The summed E-state index contributed by atoms with van der Waals surface area (Å²) in [6.45, 7) is 4.28. The van der Waals surface area contributed by atoms with E-state index in [-0.39, 0.29) is 5.91 Å². The number of nitrogens with one attached hydrogen (secondary N) is 2. The monoisotopic (exact) mass is 376 g/mol. The topological polar surface area (TPSA) is 66.9 Å². The van der Waals surface area contributed by atoms with Crippen LogP contribution in [0.5, 0.6) is 0 Å². The third-order valence-electron chi connectivity index (χ3n) is 4.58. The minimum Gasteiger partial charge on any atom is -0.352 e. The Bertz CT molecular complexity index is 719. The normalized spacial score (nSPS) is 20.2. The number of aryl methyl sites for hydroxylation is 1. The number of rotatable bonds is 6. The Hall–Kier alpha value is -1.60. The van der Waals surface area contributed by atoms with E-state index < -0.39 is 0 Å². The molecule has 7 heteroatoms. The molecule has 1 saturated carbocycles. The van der Waals surface area contributed by atoms with E-state index in [0.717, 1.165) is 27.1 Å². The van der Waals surface area contributed by atoms with E-state index in [2.05, 4.69) is 40.7 Å². The number of carbonyl (C=O) groups is 1. The maximum Gasteiger partial charge on any atom is 0.230 e. The lowest BCUT2D eigenvalue weighted by molar-refractivity contribution is -0.119. The molecule has 1 fully saturated rings. The number of hydrogen-bond acceptors (Lipinski definition) is 6. The number of hydrogen-bond donors (Lipinski definition) is 2. The number of para-hydroxylation sites is 1. The highest BCUT2D eigenvalue weighted by Gasteiger charge is 2.22. The predicted octanol–water partition coefficient (Wildman–Crippen LogP) is 4.38. The Kier molecular flexibility index (Phi) is 6.31. The molecule has 0 unspecified atom stereocenters. The minimum absolute atomic E-state index is 0.0902. The third kappa shape index (κ3) is 5.19. The molecular weight excluding hydrogens is 352 g/mol. The Labute approximate surface area is 157 Å². The Morgan fingerprint density at radius 1 is 1.28 bits per heavy atom. The molecule has 2 N–H and O–H groups in total. The van der Waals surface area contributed by atoms with E-state index in [1.165, 1.54) is 42.4 Å². The summed E-state index contributed by atoms with van der Waals surface area (Å²) in [6, 6.07) is 8.39. The Morgan fingerprint density at radius 3 is 2.88 bits per heavy atom. The zero-order valence-electron chi connectivity index (χ0n) is 14.6. The molecule has 1 aromatic heterocycles. The summed E-state index contributed by atoms with van der Waals surface area (Å²) >= 11 is 2.92. The van der Waals surface area contributed by atoms with Crippen molar-refractivity contribution in [1.82, 2.24) is 15.5 Å². The number of carbonyl (C=O) groups excluding carboxylic acids is 1. The van der Waals surface area contributed by atoms with Crippen molar-refractivity contribution in [3.63, 3.8) is 0 Å². The molecule has 1 amide bonds. The smallest absolute Gasteiger partial charge is 0.230 e. The van der Waals surface area contributed by atoms with Gasteiger partial charge in [-0.2, -0.15) is 0 Å². The highest BCUT2D eigenvalue weighted by molar-refractivity contribution is 8.01. The molecule has 2 aromatic rings. The van der Waals surface area contributed by atoms with Crippen molar-refractivity contribution in [1.29, 1.82) is 0 Å². The largest absolute Gasteiger partial charge is 0.352 e. The lowest BCUT2D eigenvalue weighted by Gasteiger charge is -2.29. The van der Waals surface area contributed by atoms with Crippen LogP contribution in [0, 0.1) is 12.8 Å². The van der Waals surface area contributed by atoms with Crippen molar-refractivity contribution >= 4 is 39.8 Å². The first-order valence-corrected chi connectivity index (χ1v) is 10.5. The number of benzene rings is 1. The summed E-state index contributed by atoms with van der Waals surface area (Å²) in [5, 5.41) is 15.5. The predicted molar refractivity (Wildman–Crippen MR) is 105 cm³/mol. The standard InChI is InChI=1S/C18H24N4OS2/c1-12-7-3-5-9-14(12)19-16(23)11-24-18-22-21-17(25-18)20-15-10-6-4-8-13(15)2/h4,6,8,10,12,14H,3,5,7,9,11H2,1-2H3,(H,19,23)(H,20,21)/t12-,14-/m0/s1. The number of amides is 1. The average Bonchev–Trinajstić information content (AvgIpc) is 3.05. The van der Waals surface area contributed by atoms with Gasteiger partial charge in [0.25, 0.3) is 0 Å². The van der Waals surface area contributed by atoms with Crippen LogP contribution >= 0.6 is 23.1 Å². The van der Waals surface area contributed by atoms with E-state index in [0.29, 0.717) is 17.7 Å². The van der Waals surface area contributed by atoms with Gasteiger partial charge in [0.1, 0.15) is 0 Å². The second-order valence-corrected chi connectivity index (χ2v) is 8.74. The average molecular weight is 377 g/mol. The van der Waals surface area contributed by atoms with E-state index >= 15 is 0 Å².